The summed E-state index contributed by atoms with van der Waals surface area (Å²) in [5.74, 6) is 0.402. The number of fused-ring (bicyclic) bond motifs is 1. The molecular weight excluding hydrogens is 249 g/mol. The van der Waals surface area contributed by atoms with Crippen LogP contribution in [0.3, 0.4) is 0 Å². The van der Waals surface area contributed by atoms with Crippen LogP contribution in [0.2, 0.25) is 0 Å². The summed E-state index contributed by atoms with van der Waals surface area (Å²) in [6.45, 7) is 2.72. The molecule has 0 unspecified atom stereocenters. The highest BCUT2D eigenvalue weighted by Crippen LogP contribution is 2.32. The smallest absolute Gasteiger partial charge is 0.186 e. The minimum Gasteiger partial charge on any atom is -0.348 e. The molecule has 1 aromatic carbocycles. The van der Waals surface area contributed by atoms with E-state index < -0.39 is 0 Å². The minimum absolute atomic E-state index is 0.230. The Bertz CT molecular complexity index is 546. The molecule has 2 aromatic rings. The van der Waals surface area contributed by atoms with Crippen molar-refractivity contribution in [3.8, 4) is 0 Å². The standard InChI is InChI=1S/C13H16FN3S/c14-10-2-1-3-11-12(10)16-13(18-11)17-6-4-9(8-15)5-7-17/h1-3,9H,4-8,15H2. The Kier molecular flexibility index (Phi) is 3.18. The molecule has 0 spiro atoms. The summed E-state index contributed by atoms with van der Waals surface area (Å²) in [6, 6.07) is 5.12. The molecule has 1 aliphatic rings. The van der Waals surface area contributed by atoms with Gasteiger partial charge >= 0.3 is 0 Å². The number of halogens is 1. The topological polar surface area (TPSA) is 42.1 Å². The predicted molar refractivity (Wildman–Crippen MR) is 73.6 cm³/mol. The molecule has 1 aliphatic heterocycles. The zero-order valence-corrected chi connectivity index (χ0v) is 10.9. The Morgan fingerprint density at radius 3 is 2.83 bits per heavy atom. The van der Waals surface area contributed by atoms with Gasteiger partial charge in [-0.25, -0.2) is 9.37 Å². The first-order chi connectivity index (χ1) is 8.78. The summed E-state index contributed by atoms with van der Waals surface area (Å²) in [6.07, 6.45) is 2.21. The average molecular weight is 265 g/mol. The lowest BCUT2D eigenvalue weighted by Gasteiger charge is -2.30. The molecule has 1 aromatic heterocycles. The van der Waals surface area contributed by atoms with Gasteiger partial charge in [0, 0.05) is 13.1 Å². The number of aromatic nitrogens is 1. The van der Waals surface area contributed by atoms with Crippen LogP contribution in [-0.2, 0) is 0 Å². The maximum atomic E-state index is 13.6. The maximum absolute atomic E-state index is 13.6. The monoisotopic (exact) mass is 265 g/mol. The van der Waals surface area contributed by atoms with E-state index in [2.05, 4.69) is 9.88 Å². The highest BCUT2D eigenvalue weighted by Gasteiger charge is 2.21. The fourth-order valence-electron chi connectivity index (χ4n) is 2.40. The molecule has 3 nitrogen and oxygen atoms in total. The fourth-order valence-corrected chi connectivity index (χ4v) is 3.43. The van der Waals surface area contributed by atoms with Crippen LogP contribution in [0.15, 0.2) is 18.2 Å². The van der Waals surface area contributed by atoms with Crippen molar-refractivity contribution in [2.45, 2.75) is 12.8 Å². The maximum Gasteiger partial charge on any atom is 0.186 e. The van der Waals surface area contributed by atoms with Crippen molar-refractivity contribution in [2.75, 3.05) is 24.5 Å². The number of piperidine rings is 1. The van der Waals surface area contributed by atoms with E-state index in [1.54, 1.807) is 17.4 Å². The van der Waals surface area contributed by atoms with Crippen molar-refractivity contribution in [1.29, 1.82) is 0 Å². The van der Waals surface area contributed by atoms with E-state index in [4.69, 9.17) is 5.73 Å². The van der Waals surface area contributed by atoms with Crippen molar-refractivity contribution in [3.05, 3.63) is 24.0 Å². The van der Waals surface area contributed by atoms with Gasteiger partial charge in [-0.05, 0) is 37.4 Å². The first-order valence-corrected chi connectivity index (χ1v) is 7.09. The quantitative estimate of drug-likeness (QED) is 0.907. The second-order valence-electron chi connectivity index (χ2n) is 4.75. The van der Waals surface area contributed by atoms with E-state index in [1.807, 2.05) is 6.07 Å². The number of thiazole rings is 1. The largest absolute Gasteiger partial charge is 0.348 e. The molecule has 2 heterocycles. The third kappa shape index (κ3) is 2.08. The van der Waals surface area contributed by atoms with Gasteiger partial charge in [-0.3, -0.25) is 0 Å². The lowest BCUT2D eigenvalue weighted by molar-refractivity contribution is 0.414. The highest BCUT2D eigenvalue weighted by molar-refractivity contribution is 7.22. The molecule has 0 atom stereocenters. The molecule has 18 heavy (non-hydrogen) atoms. The number of anilines is 1. The van der Waals surface area contributed by atoms with Gasteiger partial charge in [-0.1, -0.05) is 17.4 Å². The van der Waals surface area contributed by atoms with Crippen LogP contribution in [0.1, 0.15) is 12.8 Å². The van der Waals surface area contributed by atoms with E-state index in [1.165, 1.54) is 6.07 Å². The van der Waals surface area contributed by atoms with Crippen molar-refractivity contribution < 1.29 is 4.39 Å². The third-order valence-electron chi connectivity index (χ3n) is 3.58. The SMILES string of the molecule is NCC1CCN(c2nc3c(F)cccc3s2)CC1. The number of hydrogen-bond donors (Lipinski definition) is 1. The number of para-hydroxylation sites is 1. The molecule has 0 bridgehead atoms. The third-order valence-corrected chi connectivity index (χ3v) is 4.66. The Morgan fingerprint density at radius 1 is 1.39 bits per heavy atom. The molecule has 0 amide bonds. The normalized spacial score (nSPS) is 17.6. The molecule has 0 saturated carbocycles. The van der Waals surface area contributed by atoms with Crippen molar-refractivity contribution >= 4 is 26.7 Å². The van der Waals surface area contributed by atoms with E-state index in [0.717, 1.165) is 42.3 Å². The molecular formula is C13H16FN3S. The van der Waals surface area contributed by atoms with Gasteiger partial charge in [0.15, 0.2) is 5.13 Å². The minimum atomic E-state index is -0.230. The molecule has 0 aliphatic carbocycles. The summed E-state index contributed by atoms with van der Waals surface area (Å²) >= 11 is 1.57. The predicted octanol–water partition coefficient (Wildman–Crippen LogP) is 2.61. The summed E-state index contributed by atoms with van der Waals surface area (Å²) in [7, 11) is 0. The Morgan fingerprint density at radius 2 is 2.17 bits per heavy atom. The van der Waals surface area contributed by atoms with Crippen molar-refractivity contribution in [1.82, 2.24) is 4.98 Å². The summed E-state index contributed by atoms with van der Waals surface area (Å²) < 4.78 is 14.5. The first-order valence-electron chi connectivity index (χ1n) is 6.28. The summed E-state index contributed by atoms with van der Waals surface area (Å²) in [4.78, 5) is 6.67. The molecule has 5 heteroatoms. The lowest BCUT2D eigenvalue weighted by Crippen LogP contribution is -2.35. The number of hydrogen-bond acceptors (Lipinski definition) is 4. The van der Waals surface area contributed by atoms with Crippen LogP contribution < -0.4 is 10.6 Å². The fraction of sp³-hybridized carbons (Fsp3) is 0.462. The summed E-state index contributed by atoms with van der Waals surface area (Å²) in [5, 5.41) is 0.936. The van der Waals surface area contributed by atoms with Gasteiger partial charge < -0.3 is 10.6 Å². The van der Waals surface area contributed by atoms with Gasteiger partial charge in [0.1, 0.15) is 11.3 Å². The van der Waals surface area contributed by atoms with Gasteiger partial charge in [-0.15, -0.1) is 0 Å². The zero-order chi connectivity index (χ0) is 12.5. The second kappa shape index (κ2) is 4.82. The van der Waals surface area contributed by atoms with Crippen LogP contribution in [-0.4, -0.2) is 24.6 Å². The van der Waals surface area contributed by atoms with Crippen LogP contribution >= 0.6 is 11.3 Å². The van der Waals surface area contributed by atoms with Crippen molar-refractivity contribution in [3.63, 3.8) is 0 Å². The number of benzene rings is 1. The lowest BCUT2D eigenvalue weighted by atomic mass is 9.98. The number of rotatable bonds is 2. The first kappa shape index (κ1) is 11.9. The van der Waals surface area contributed by atoms with E-state index in [9.17, 15) is 4.39 Å². The molecule has 2 N–H and O–H groups in total. The average Bonchev–Trinajstić information content (AvgIpc) is 2.84. The van der Waals surface area contributed by atoms with Crippen LogP contribution in [0.4, 0.5) is 9.52 Å². The summed E-state index contributed by atoms with van der Waals surface area (Å²) in [5.41, 5.74) is 6.19. The molecule has 3 rings (SSSR count). The van der Waals surface area contributed by atoms with E-state index in [-0.39, 0.29) is 5.82 Å². The molecule has 1 saturated heterocycles. The Hall–Kier alpha value is -1.20. The van der Waals surface area contributed by atoms with E-state index >= 15 is 0 Å². The molecule has 1 fully saturated rings. The Labute approximate surface area is 109 Å². The van der Waals surface area contributed by atoms with Crippen LogP contribution in [0.5, 0.6) is 0 Å². The van der Waals surface area contributed by atoms with Crippen molar-refractivity contribution in [2.24, 2.45) is 11.7 Å². The second-order valence-corrected chi connectivity index (χ2v) is 5.76. The van der Waals surface area contributed by atoms with E-state index in [0.29, 0.717) is 11.4 Å². The van der Waals surface area contributed by atoms with Gasteiger partial charge in [0.2, 0.25) is 0 Å². The molecule has 96 valence electrons. The number of nitrogens with two attached hydrogens (primary N) is 1. The highest BCUT2D eigenvalue weighted by atomic mass is 32.1. The van der Waals surface area contributed by atoms with Gasteiger partial charge in [-0.2, -0.15) is 0 Å². The van der Waals surface area contributed by atoms with Crippen LogP contribution in [0.25, 0.3) is 10.2 Å². The van der Waals surface area contributed by atoms with Gasteiger partial charge in [0.25, 0.3) is 0 Å². The van der Waals surface area contributed by atoms with Crippen LogP contribution in [0, 0.1) is 11.7 Å². The Balaban J connectivity index is 1.85. The zero-order valence-electron chi connectivity index (χ0n) is 10.1. The number of nitrogens with zero attached hydrogens (tertiary/aromatic N) is 2. The molecule has 0 radical (unpaired) electrons. The van der Waals surface area contributed by atoms with Gasteiger partial charge in [0.05, 0.1) is 4.70 Å².